The van der Waals surface area contributed by atoms with Crippen molar-refractivity contribution >= 4 is 35.6 Å². The Morgan fingerprint density at radius 2 is 1.58 bits per heavy atom. The maximum Gasteiger partial charge on any atom is 0.326 e. The molecule has 3 amide bonds. The van der Waals surface area contributed by atoms with Crippen LogP contribution in [0.2, 0.25) is 0 Å². The third-order valence-corrected chi connectivity index (χ3v) is 5.15. The second-order valence-corrected chi connectivity index (χ2v) is 7.79. The number of aliphatic carboxylic acids is 3. The SMILES string of the molecule is CC(O)C(NC(=O)C(N)CCC(=O)O)C(=O)N1CCCC1C(=O)NC(CCC(=O)O)C(=O)O. The smallest absolute Gasteiger partial charge is 0.326 e. The number of carboxylic acids is 3. The number of rotatable bonds is 13. The van der Waals surface area contributed by atoms with Gasteiger partial charge in [0.2, 0.25) is 17.7 Å². The molecule has 1 rings (SSSR count). The monoisotopic (exact) mass is 474 g/mol. The molecule has 8 N–H and O–H groups in total. The normalized spacial score (nSPS) is 19.1. The first-order valence-electron chi connectivity index (χ1n) is 10.4. The predicted molar refractivity (Wildman–Crippen MR) is 110 cm³/mol. The molecule has 1 fully saturated rings. The molecule has 33 heavy (non-hydrogen) atoms. The zero-order chi connectivity index (χ0) is 25.3. The van der Waals surface area contributed by atoms with Crippen molar-refractivity contribution in [1.82, 2.24) is 15.5 Å². The highest BCUT2D eigenvalue weighted by Crippen LogP contribution is 2.20. The van der Waals surface area contributed by atoms with Gasteiger partial charge in [-0.1, -0.05) is 0 Å². The molecular formula is C19H30N4O10. The minimum Gasteiger partial charge on any atom is -0.481 e. The molecule has 1 saturated heterocycles. The van der Waals surface area contributed by atoms with Crippen LogP contribution in [0, 0.1) is 0 Å². The summed E-state index contributed by atoms with van der Waals surface area (Å²) >= 11 is 0. The number of hydrogen-bond acceptors (Lipinski definition) is 8. The number of nitrogens with two attached hydrogens (primary N) is 1. The molecule has 14 nitrogen and oxygen atoms in total. The van der Waals surface area contributed by atoms with E-state index in [1.807, 2.05) is 0 Å². The van der Waals surface area contributed by atoms with Crippen LogP contribution in [-0.4, -0.2) is 97.8 Å². The second kappa shape index (κ2) is 12.7. The van der Waals surface area contributed by atoms with Crippen LogP contribution in [0.4, 0.5) is 0 Å². The lowest BCUT2D eigenvalue weighted by Gasteiger charge is -2.31. The highest BCUT2D eigenvalue weighted by atomic mass is 16.4. The molecular weight excluding hydrogens is 444 g/mol. The minimum atomic E-state index is -1.47. The summed E-state index contributed by atoms with van der Waals surface area (Å²) < 4.78 is 0. The Labute approximate surface area is 189 Å². The maximum absolute atomic E-state index is 13.0. The number of aliphatic hydroxyl groups excluding tert-OH is 1. The summed E-state index contributed by atoms with van der Waals surface area (Å²) in [6.45, 7) is 1.34. The lowest BCUT2D eigenvalue weighted by molar-refractivity contribution is -0.146. The van der Waals surface area contributed by atoms with Crippen LogP contribution in [0.1, 0.15) is 45.4 Å². The van der Waals surface area contributed by atoms with Gasteiger partial charge in [0.05, 0.1) is 12.1 Å². The molecule has 0 aromatic rings. The number of carboxylic acid groups (broad SMARTS) is 3. The molecule has 14 heteroatoms. The van der Waals surface area contributed by atoms with Gasteiger partial charge in [0.25, 0.3) is 0 Å². The Morgan fingerprint density at radius 3 is 2.09 bits per heavy atom. The zero-order valence-electron chi connectivity index (χ0n) is 18.1. The van der Waals surface area contributed by atoms with E-state index >= 15 is 0 Å². The molecule has 0 radical (unpaired) electrons. The van der Waals surface area contributed by atoms with Crippen molar-refractivity contribution in [3.63, 3.8) is 0 Å². The van der Waals surface area contributed by atoms with Crippen molar-refractivity contribution < 1.29 is 49.2 Å². The highest BCUT2D eigenvalue weighted by Gasteiger charge is 2.40. The lowest BCUT2D eigenvalue weighted by atomic mass is 10.1. The fourth-order valence-corrected chi connectivity index (χ4v) is 3.33. The number of hydrogen-bond donors (Lipinski definition) is 7. The molecule has 0 spiro atoms. The summed E-state index contributed by atoms with van der Waals surface area (Å²) in [4.78, 5) is 71.7. The Bertz CT molecular complexity index is 772. The summed E-state index contributed by atoms with van der Waals surface area (Å²) in [7, 11) is 0. The van der Waals surface area contributed by atoms with E-state index in [-0.39, 0.29) is 32.2 Å². The van der Waals surface area contributed by atoms with Crippen LogP contribution in [0.5, 0.6) is 0 Å². The fourth-order valence-electron chi connectivity index (χ4n) is 3.33. The second-order valence-electron chi connectivity index (χ2n) is 7.79. The van der Waals surface area contributed by atoms with Crippen molar-refractivity contribution in [2.45, 2.75) is 75.7 Å². The fraction of sp³-hybridized carbons (Fsp3) is 0.684. The summed E-state index contributed by atoms with van der Waals surface area (Å²) in [5, 5.41) is 41.2. The van der Waals surface area contributed by atoms with Crippen LogP contribution in [0.3, 0.4) is 0 Å². The van der Waals surface area contributed by atoms with E-state index in [0.29, 0.717) is 6.42 Å². The van der Waals surface area contributed by atoms with Gasteiger partial charge in [0, 0.05) is 19.4 Å². The van der Waals surface area contributed by atoms with E-state index < -0.39 is 72.3 Å². The number of carbonyl (C=O) groups is 6. The van der Waals surface area contributed by atoms with E-state index in [9.17, 15) is 39.0 Å². The molecule has 1 aliphatic heterocycles. The zero-order valence-corrected chi connectivity index (χ0v) is 18.1. The van der Waals surface area contributed by atoms with E-state index in [1.54, 1.807) is 0 Å². The van der Waals surface area contributed by atoms with E-state index in [1.165, 1.54) is 6.92 Å². The highest BCUT2D eigenvalue weighted by molar-refractivity contribution is 5.95. The molecule has 186 valence electrons. The van der Waals surface area contributed by atoms with Gasteiger partial charge in [-0.15, -0.1) is 0 Å². The predicted octanol–water partition coefficient (Wildman–Crippen LogP) is -2.53. The van der Waals surface area contributed by atoms with E-state index in [0.717, 1.165) is 4.90 Å². The largest absolute Gasteiger partial charge is 0.481 e. The van der Waals surface area contributed by atoms with Crippen molar-refractivity contribution in [2.75, 3.05) is 6.54 Å². The van der Waals surface area contributed by atoms with Crippen molar-refractivity contribution in [1.29, 1.82) is 0 Å². The third-order valence-electron chi connectivity index (χ3n) is 5.15. The van der Waals surface area contributed by atoms with Gasteiger partial charge in [0.15, 0.2) is 0 Å². The van der Waals surface area contributed by atoms with Crippen LogP contribution in [0.25, 0.3) is 0 Å². The molecule has 0 saturated carbocycles. The number of carbonyl (C=O) groups excluding carboxylic acids is 3. The Hall–Kier alpha value is -3.26. The molecule has 0 bridgehead atoms. The van der Waals surface area contributed by atoms with Crippen LogP contribution < -0.4 is 16.4 Å². The number of likely N-dealkylation sites (tertiary alicyclic amines) is 1. The van der Waals surface area contributed by atoms with E-state index in [4.69, 9.17) is 15.9 Å². The topological polar surface area (TPSA) is 237 Å². The Kier molecular flexibility index (Phi) is 10.7. The van der Waals surface area contributed by atoms with Crippen LogP contribution in [-0.2, 0) is 28.8 Å². The molecule has 1 heterocycles. The third kappa shape index (κ3) is 8.65. The quantitative estimate of drug-likeness (QED) is 0.147. The molecule has 0 aliphatic carbocycles. The van der Waals surface area contributed by atoms with Gasteiger partial charge in [-0.05, 0) is 32.6 Å². The summed E-state index contributed by atoms with van der Waals surface area (Å²) in [6, 6.07) is -5.25. The maximum atomic E-state index is 13.0. The molecule has 1 aliphatic rings. The van der Waals surface area contributed by atoms with Gasteiger partial charge < -0.3 is 41.7 Å². The number of nitrogens with zero attached hydrogens (tertiary/aromatic N) is 1. The number of aliphatic hydroxyl groups is 1. The average Bonchev–Trinajstić information content (AvgIpc) is 3.21. The Morgan fingerprint density at radius 1 is 1.00 bits per heavy atom. The van der Waals surface area contributed by atoms with Crippen molar-refractivity contribution in [3.05, 3.63) is 0 Å². The molecule has 5 unspecified atom stereocenters. The summed E-state index contributed by atoms with van der Waals surface area (Å²) in [6.07, 6.45) is -2.18. The average molecular weight is 474 g/mol. The summed E-state index contributed by atoms with van der Waals surface area (Å²) in [5.41, 5.74) is 5.63. The van der Waals surface area contributed by atoms with Gasteiger partial charge in [-0.25, -0.2) is 4.79 Å². The van der Waals surface area contributed by atoms with E-state index in [2.05, 4.69) is 10.6 Å². The molecule has 0 aromatic heterocycles. The number of amides is 3. The minimum absolute atomic E-state index is 0.105. The van der Waals surface area contributed by atoms with Crippen LogP contribution >= 0.6 is 0 Å². The molecule has 5 atom stereocenters. The first kappa shape index (κ1) is 27.8. The van der Waals surface area contributed by atoms with Gasteiger partial charge in [-0.3, -0.25) is 24.0 Å². The van der Waals surface area contributed by atoms with Gasteiger partial charge in [-0.2, -0.15) is 0 Å². The van der Waals surface area contributed by atoms with Crippen LogP contribution in [0.15, 0.2) is 0 Å². The lowest BCUT2D eigenvalue weighted by Crippen LogP contribution is -2.59. The summed E-state index contributed by atoms with van der Waals surface area (Å²) in [5.74, 6) is -6.26. The van der Waals surface area contributed by atoms with Gasteiger partial charge >= 0.3 is 17.9 Å². The first-order valence-corrected chi connectivity index (χ1v) is 10.4. The van der Waals surface area contributed by atoms with Crippen molar-refractivity contribution in [2.24, 2.45) is 5.73 Å². The van der Waals surface area contributed by atoms with Crippen molar-refractivity contribution in [3.8, 4) is 0 Å². The first-order chi connectivity index (χ1) is 15.3. The molecule has 0 aromatic carbocycles. The number of nitrogens with one attached hydrogen (secondary N) is 2. The standard InChI is InChI=1S/C19H30N4O10/c1-9(24)15(22-16(29)10(20)4-6-13(25)26)18(31)23-8-2-3-12(23)17(30)21-11(19(32)33)5-7-14(27)28/h9-12,15,24H,2-8,20H2,1H3,(H,21,30)(H,22,29)(H,25,26)(H,27,28)(H,32,33). The Balaban J connectivity index is 2.88. The van der Waals surface area contributed by atoms with Gasteiger partial charge in [0.1, 0.15) is 18.1 Å².